The number of carbonyl (C=O) groups is 2. The number of hydrogen-bond acceptors (Lipinski definition) is 3. The van der Waals surface area contributed by atoms with Gasteiger partial charge in [0, 0.05) is 12.1 Å². The van der Waals surface area contributed by atoms with Crippen molar-refractivity contribution in [2.45, 2.75) is 19.5 Å². The molecule has 0 aromatic carbocycles. The lowest BCUT2D eigenvalue weighted by atomic mass is 10.2. The number of carbonyl (C=O) groups excluding carboxylic acids is 1. The van der Waals surface area contributed by atoms with E-state index in [2.05, 4.69) is 4.98 Å². The van der Waals surface area contributed by atoms with E-state index >= 15 is 0 Å². The fraction of sp³-hybridized carbons (Fsp3) is 0.300. The zero-order valence-electron chi connectivity index (χ0n) is 8.48. The van der Waals surface area contributed by atoms with Crippen molar-refractivity contribution in [3.05, 3.63) is 28.5 Å². The first-order valence-corrected chi connectivity index (χ1v) is 5.07. The predicted octanol–water partition coefficient (Wildman–Crippen LogP) is 1.16. The highest BCUT2D eigenvalue weighted by Gasteiger charge is 2.34. The van der Waals surface area contributed by atoms with Gasteiger partial charge in [-0.05, 0) is 13.0 Å². The van der Waals surface area contributed by atoms with E-state index in [0.717, 1.165) is 0 Å². The molecule has 1 N–H and O–H groups in total. The second-order valence-electron chi connectivity index (χ2n) is 3.59. The molecule has 2 heterocycles. The fourth-order valence-electron chi connectivity index (χ4n) is 1.61. The van der Waals surface area contributed by atoms with Gasteiger partial charge in [0.15, 0.2) is 0 Å². The van der Waals surface area contributed by atoms with Gasteiger partial charge in [-0.1, -0.05) is 17.7 Å². The van der Waals surface area contributed by atoms with Crippen LogP contribution in [0.15, 0.2) is 12.1 Å². The third-order valence-corrected chi connectivity index (χ3v) is 2.78. The van der Waals surface area contributed by atoms with Gasteiger partial charge in [0.25, 0.3) is 5.91 Å². The molecule has 0 fully saturated rings. The van der Waals surface area contributed by atoms with E-state index in [-0.39, 0.29) is 23.3 Å². The first-order valence-electron chi connectivity index (χ1n) is 4.70. The predicted molar refractivity (Wildman–Crippen MR) is 56.2 cm³/mol. The summed E-state index contributed by atoms with van der Waals surface area (Å²) >= 11 is 5.68. The van der Waals surface area contributed by atoms with Crippen LogP contribution in [0.1, 0.15) is 23.0 Å². The van der Waals surface area contributed by atoms with Gasteiger partial charge in [-0.2, -0.15) is 0 Å². The van der Waals surface area contributed by atoms with Crippen LogP contribution < -0.4 is 0 Å². The van der Waals surface area contributed by atoms with E-state index in [1.807, 2.05) is 0 Å². The molecule has 0 aliphatic carbocycles. The molecule has 1 aromatic rings. The van der Waals surface area contributed by atoms with Gasteiger partial charge in [-0.15, -0.1) is 0 Å². The van der Waals surface area contributed by atoms with Gasteiger partial charge >= 0.3 is 5.97 Å². The molecular formula is C10H9ClN2O3. The molecule has 1 aliphatic rings. The Hall–Kier alpha value is -1.62. The van der Waals surface area contributed by atoms with E-state index in [1.54, 1.807) is 12.1 Å². The van der Waals surface area contributed by atoms with Crippen LogP contribution >= 0.6 is 11.6 Å². The maximum Gasteiger partial charge on any atom is 0.326 e. The third-order valence-electron chi connectivity index (χ3n) is 2.57. The van der Waals surface area contributed by atoms with Gasteiger partial charge in [-0.3, -0.25) is 4.79 Å². The quantitative estimate of drug-likeness (QED) is 0.788. The molecule has 16 heavy (non-hydrogen) atoms. The van der Waals surface area contributed by atoms with Crippen LogP contribution in [0.25, 0.3) is 0 Å². The summed E-state index contributed by atoms with van der Waals surface area (Å²) < 4.78 is 0. The number of rotatable bonds is 2. The molecule has 1 aromatic heterocycles. The lowest BCUT2D eigenvalue weighted by Crippen LogP contribution is -2.39. The van der Waals surface area contributed by atoms with Gasteiger partial charge < -0.3 is 10.0 Å². The van der Waals surface area contributed by atoms with Gasteiger partial charge in [-0.25, -0.2) is 9.78 Å². The van der Waals surface area contributed by atoms with E-state index in [9.17, 15) is 9.59 Å². The topological polar surface area (TPSA) is 70.5 Å². The van der Waals surface area contributed by atoms with E-state index < -0.39 is 12.0 Å². The minimum atomic E-state index is -1.03. The Morgan fingerprint density at radius 2 is 2.31 bits per heavy atom. The molecule has 0 unspecified atom stereocenters. The molecular weight excluding hydrogens is 232 g/mol. The van der Waals surface area contributed by atoms with Crippen LogP contribution in [0, 0.1) is 0 Å². The molecule has 1 atom stereocenters. The highest BCUT2D eigenvalue weighted by atomic mass is 35.5. The molecule has 0 radical (unpaired) electrons. The van der Waals surface area contributed by atoms with Crippen molar-refractivity contribution < 1.29 is 14.7 Å². The first kappa shape index (κ1) is 10.9. The molecule has 0 saturated heterocycles. The number of aliphatic carboxylic acids is 1. The summed E-state index contributed by atoms with van der Waals surface area (Å²) in [5, 5.41) is 9.09. The lowest BCUT2D eigenvalue weighted by Gasteiger charge is -2.19. The number of carboxylic acid groups (broad SMARTS) is 1. The maximum absolute atomic E-state index is 11.8. The molecule has 0 bridgehead atoms. The van der Waals surface area contributed by atoms with Crippen LogP contribution in [0.4, 0.5) is 0 Å². The number of halogens is 1. The Kier molecular flexibility index (Phi) is 2.55. The monoisotopic (exact) mass is 240 g/mol. The highest BCUT2D eigenvalue weighted by Crippen LogP contribution is 2.24. The van der Waals surface area contributed by atoms with Gasteiger partial charge in [0.05, 0.1) is 0 Å². The van der Waals surface area contributed by atoms with Crippen molar-refractivity contribution in [2.75, 3.05) is 0 Å². The molecule has 0 spiro atoms. The number of amides is 1. The largest absolute Gasteiger partial charge is 0.480 e. The second-order valence-corrected chi connectivity index (χ2v) is 3.98. The van der Waals surface area contributed by atoms with Crippen LogP contribution in [0.3, 0.4) is 0 Å². The summed E-state index contributed by atoms with van der Waals surface area (Å²) in [6.07, 6.45) is 0. The minimum Gasteiger partial charge on any atom is -0.480 e. The highest BCUT2D eigenvalue weighted by molar-refractivity contribution is 6.29. The molecule has 0 saturated carbocycles. The third kappa shape index (κ3) is 1.63. The molecule has 84 valence electrons. The maximum atomic E-state index is 11.8. The zero-order valence-corrected chi connectivity index (χ0v) is 9.23. The smallest absolute Gasteiger partial charge is 0.326 e. The number of aromatic nitrogens is 1. The molecule has 2 rings (SSSR count). The van der Waals surface area contributed by atoms with Crippen molar-refractivity contribution in [1.29, 1.82) is 0 Å². The average Bonchev–Trinajstić information content (AvgIpc) is 2.55. The van der Waals surface area contributed by atoms with Crippen LogP contribution in [0.5, 0.6) is 0 Å². The lowest BCUT2D eigenvalue weighted by molar-refractivity contribution is -0.141. The molecule has 1 amide bonds. The fourth-order valence-corrected chi connectivity index (χ4v) is 1.76. The molecule has 1 aliphatic heterocycles. The number of nitrogens with zero attached hydrogens (tertiary/aromatic N) is 2. The van der Waals surface area contributed by atoms with Crippen molar-refractivity contribution in [1.82, 2.24) is 9.88 Å². The number of carboxylic acids is 1. The van der Waals surface area contributed by atoms with Gasteiger partial charge in [0.2, 0.25) is 0 Å². The second kappa shape index (κ2) is 3.75. The van der Waals surface area contributed by atoms with E-state index in [4.69, 9.17) is 16.7 Å². The molecule has 5 nitrogen and oxygen atoms in total. The average molecular weight is 241 g/mol. The Balaban J connectivity index is 2.34. The number of hydrogen-bond donors (Lipinski definition) is 1. The first-order chi connectivity index (χ1) is 7.50. The summed E-state index contributed by atoms with van der Waals surface area (Å²) in [7, 11) is 0. The van der Waals surface area contributed by atoms with Crippen LogP contribution in [-0.4, -0.2) is 32.9 Å². The Bertz CT molecular complexity index is 475. The van der Waals surface area contributed by atoms with Crippen molar-refractivity contribution in [3.8, 4) is 0 Å². The Morgan fingerprint density at radius 3 is 2.94 bits per heavy atom. The van der Waals surface area contributed by atoms with E-state index in [0.29, 0.717) is 5.56 Å². The summed E-state index contributed by atoms with van der Waals surface area (Å²) in [5.74, 6) is -1.42. The number of pyridine rings is 1. The minimum absolute atomic E-state index is 0.233. The molecule has 6 heteroatoms. The van der Waals surface area contributed by atoms with Gasteiger partial charge in [0.1, 0.15) is 16.9 Å². The van der Waals surface area contributed by atoms with Crippen molar-refractivity contribution in [2.24, 2.45) is 0 Å². The van der Waals surface area contributed by atoms with Crippen LogP contribution in [-0.2, 0) is 11.3 Å². The normalized spacial score (nSPS) is 16.1. The zero-order chi connectivity index (χ0) is 11.9. The summed E-state index contributed by atoms with van der Waals surface area (Å²) in [6.45, 7) is 1.74. The standard InChI is InChI=1S/C10H9ClN2O3/c1-5(10(15)16)13-4-6-2-3-7(11)12-8(6)9(13)14/h2-3,5H,4H2,1H3,(H,15,16)/t5-/m1/s1. The number of fused-ring (bicyclic) bond motifs is 1. The summed E-state index contributed by atoms with van der Waals surface area (Å²) in [4.78, 5) is 27.8. The summed E-state index contributed by atoms with van der Waals surface area (Å²) in [5.41, 5.74) is 0.961. The summed E-state index contributed by atoms with van der Waals surface area (Å²) in [6, 6.07) is 2.42. The van der Waals surface area contributed by atoms with Crippen molar-refractivity contribution in [3.63, 3.8) is 0 Å². The Labute approximate surface area is 96.7 Å². The van der Waals surface area contributed by atoms with Crippen molar-refractivity contribution >= 4 is 23.5 Å². The van der Waals surface area contributed by atoms with Crippen LogP contribution in [0.2, 0.25) is 5.15 Å². The van der Waals surface area contributed by atoms with E-state index in [1.165, 1.54) is 11.8 Å². The Morgan fingerprint density at radius 1 is 1.62 bits per heavy atom. The SMILES string of the molecule is C[C@H](C(=O)O)N1Cc2ccc(Cl)nc2C1=O.